The van der Waals surface area contributed by atoms with Crippen molar-refractivity contribution in [3.05, 3.63) is 29.8 Å². The van der Waals surface area contributed by atoms with Crippen LogP contribution in [0.4, 0.5) is 0 Å². The summed E-state index contributed by atoms with van der Waals surface area (Å²) in [6.45, 7) is 7.27. The number of para-hydroxylation sites is 1. The minimum absolute atomic E-state index is 0.563. The van der Waals surface area contributed by atoms with Crippen LogP contribution in [0.15, 0.2) is 24.3 Å². The lowest BCUT2D eigenvalue weighted by molar-refractivity contribution is -0.0381. The van der Waals surface area contributed by atoms with E-state index in [0.29, 0.717) is 18.4 Å². The van der Waals surface area contributed by atoms with Gasteiger partial charge in [0.2, 0.25) is 0 Å². The third kappa shape index (κ3) is 3.30. The summed E-state index contributed by atoms with van der Waals surface area (Å²) < 4.78 is 5.82. The molecule has 0 heterocycles. The second-order valence-corrected chi connectivity index (χ2v) is 6.23. The quantitative estimate of drug-likeness (QED) is 0.884. The standard InChI is InChI=1S/C17H26O2/c1-4-9-19-16-8-6-5-7-15(16)17(18)11-13(2)10-14(3)12-17/h5-8,13-14,18H,4,9-12H2,1-3H3. The molecule has 0 aromatic heterocycles. The summed E-state index contributed by atoms with van der Waals surface area (Å²) in [6, 6.07) is 7.98. The highest BCUT2D eigenvalue weighted by Gasteiger charge is 2.39. The molecule has 1 aliphatic rings. The molecule has 0 bridgehead atoms. The normalized spacial score (nSPS) is 31.2. The zero-order valence-corrected chi connectivity index (χ0v) is 12.4. The second-order valence-electron chi connectivity index (χ2n) is 6.23. The van der Waals surface area contributed by atoms with Gasteiger partial charge >= 0.3 is 0 Å². The third-order valence-electron chi connectivity index (χ3n) is 4.03. The molecule has 1 aromatic carbocycles. The molecular formula is C17H26O2. The number of hydrogen-bond acceptors (Lipinski definition) is 2. The largest absolute Gasteiger partial charge is 0.493 e. The van der Waals surface area contributed by atoms with Crippen LogP contribution in [-0.2, 0) is 5.60 Å². The summed E-state index contributed by atoms with van der Waals surface area (Å²) in [5.74, 6) is 1.98. The van der Waals surface area contributed by atoms with E-state index in [4.69, 9.17) is 4.74 Å². The number of rotatable bonds is 4. The first kappa shape index (κ1) is 14.4. The molecule has 2 unspecified atom stereocenters. The molecule has 1 N–H and O–H groups in total. The van der Waals surface area contributed by atoms with Crippen molar-refractivity contribution in [2.45, 2.75) is 52.1 Å². The molecule has 0 aliphatic heterocycles. The van der Waals surface area contributed by atoms with Crippen molar-refractivity contribution in [3.63, 3.8) is 0 Å². The molecule has 0 saturated heterocycles. The van der Waals surface area contributed by atoms with E-state index < -0.39 is 5.60 Å². The zero-order chi connectivity index (χ0) is 13.9. The molecule has 2 nitrogen and oxygen atoms in total. The van der Waals surface area contributed by atoms with Crippen LogP contribution < -0.4 is 4.74 Å². The van der Waals surface area contributed by atoms with Crippen LogP contribution in [-0.4, -0.2) is 11.7 Å². The van der Waals surface area contributed by atoms with E-state index in [2.05, 4.69) is 20.8 Å². The van der Waals surface area contributed by atoms with E-state index in [1.165, 1.54) is 6.42 Å². The molecule has 2 atom stereocenters. The average molecular weight is 262 g/mol. The fraction of sp³-hybridized carbons (Fsp3) is 0.647. The summed E-state index contributed by atoms with van der Waals surface area (Å²) in [4.78, 5) is 0. The van der Waals surface area contributed by atoms with E-state index in [1.54, 1.807) is 0 Å². The van der Waals surface area contributed by atoms with Crippen molar-refractivity contribution < 1.29 is 9.84 Å². The van der Waals surface area contributed by atoms with E-state index >= 15 is 0 Å². The minimum Gasteiger partial charge on any atom is -0.493 e. The average Bonchev–Trinajstić information content (AvgIpc) is 2.35. The summed E-state index contributed by atoms with van der Waals surface area (Å²) in [5.41, 5.74) is 0.253. The van der Waals surface area contributed by atoms with E-state index in [0.717, 1.165) is 30.6 Å². The Balaban J connectivity index is 2.28. The predicted molar refractivity (Wildman–Crippen MR) is 78.3 cm³/mol. The number of benzene rings is 1. The maximum absolute atomic E-state index is 11.1. The van der Waals surface area contributed by atoms with Crippen LogP contribution in [0.3, 0.4) is 0 Å². The fourth-order valence-corrected chi connectivity index (χ4v) is 3.50. The molecule has 1 fully saturated rings. The highest BCUT2D eigenvalue weighted by atomic mass is 16.5. The molecular weight excluding hydrogens is 236 g/mol. The van der Waals surface area contributed by atoms with Crippen molar-refractivity contribution in [3.8, 4) is 5.75 Å². The molecule has 0 radical (unpaired) electrons. The van der Waals surface area contributed by atoms with E-state index in [1.807, 2.05) is 24.3 Å². The Bertz CT molecular complexity index is 403. The Morgan fingerprint density at radius 2 is 1.84 bits per heavy atom. The van der Waals surface area contributed by atoms with Gasteiger partial charge in [0.25, 0.3) is 0 Å². The van der Waals surface area contributed by atoms with Gasteiger partial charge in [-0.1, -0.05) is 39.0 Å². The Hall–Kier alpha value is -1.02. The predicted octanol–water partition coefficient (Wildman–Crippen LogP) is 4.12. The van der Waals surface area contributed by atoms with Gasteiger partial charge < -0.3 is 9.84 Å². The van der Waals surface area contributed by atoms with Crippen molar-refractivity contribution >= 4 is 0 Å². The first-order chi connectivity index (χ1) is 9.05. The van der Waals surface area contributed by atoms with Gasteiger partial charge in [0.15, 0.2) is 0 Å². The highest BCUT2D eigenvalue weighted by Crippen LogP contribution is 2.45. The summed E-state index contributed by atoms with van der Waals surface area (Å²) in [6.07, 6.45) is 3.87. The molecule has 1 aromatic rings. The van der Waals surface area contributed by atoms with Crippen LogP contribution in [0.2, 0.25) is 0 Å². The zero-order valence-electron chi connectivity index (χ0n) is 12.4. The fourth-order valence-electron chi connectivity index (χ4n) is 3.50. The Morgan fingerprint density at radius 3 is 2.47 bits per heavy atom. The number of hydrogen-bond donors (Lipinski definition) is 1. The first-order valence-corrected chi connectivity index (χ1v) is 7.50. The van der Waals surface area contributed by atoms with Crippen molar-refractivity contribution in [1.82, 2.24) is 0 Å². The number of aliphatic hydroxyl groups is 1. The van der Waals surface area contributed by atoms with Gasteiger partial charge in [-0.3, -0.25) is 0 Å². The van der Waals surface area contributed by atoms with Crippen molar-refractivity contribution in [2.24, 2.45) is 11.8 Å². The smallest absolute Gasteiger partial charge is 0.125 e. The van der Waals surface area contributed by atoms with Gasteiger partial charge in [-0.05, 0) is 43.6 Å². The first-order valence-electron chi connectivity index (χ1n) is 7.50. The maximum atomic E-state index is 11.1. The van der Waals surface area contributed by atoms with E-state index in [-0.39, 0.29) is 0 Å². The molecule has 106 valence electrons. The Kier molecular flexibility index (Phi) is 4.51. The lowest BCUT2D eigenvalue weighted by Gasteiger charge is -2.40. The van der Waals surface area contributed by atoms with Crippen LogP contribution in [0, 0.1) is 11.8 Å². The highest BCUT2D eigenvalue weighted by molar-refractivity contribution is 5.38. The van der Waals surface area contributed by atoms with Crippen LogP contribution >= 0.6 is 0 Å². The van der Waals surface area contributed by atoms with Crippen LogP contribution in [0.1, 0.15) is 52.0 Å². The lowest BCUT2D eigenvalue weighted by atomic mass is 9.70. The topological polar surface area (TPSA) is 29.5 Å². The molecule has 0 amide bonds. The van der Waals surface area contributed by atoms with Gasteiger partial charge in [0.05, 0.1) is 12.2 Å². The summed E-state index contributed by atoms with van der Waals surface area (Å²) in [5, 5.41) is 11.1. The summed E-state index contributed by atoms with van der Waals surface area (Å²) >= 11 is 0. The van der Waals surface area contributed by atoms with Crippen LogP contribution in [0.5, 0.6) is 5.75 Å². The molecule has 2 heteroatoms. The molecule has 19 heavy (non-hydrogen) atoms. The molecule has 1 aliphatic carbocycles. The Morgan fingerprint density at radius 1 is 1.21 bits per heavy atom. The monoisotopic (exact) mass is 262 g/mol. The van der Waals surface area contributed by atoms with Crippen molar-refractivity contribution in [1.29, 1.82) is 0 Å². The van der Waals surface area contributed by atoms with E-state index in [9.17, 15) is 5.11 Å². The molecule has 0 spiro atoms. The minimum atomic E-state index is -0.721. The summed E-state index contributed by atoms with van der Waals surface area (Å²) in [7, 11) is 0. The SMILES string of the molecule is CCCOc1ccccc1C1(O)CC(C)CC(C)C1. The van der Waals surface area contributed by atoms with Gasteiger partial charge in [-0.15, -0.1) is 0 Å². The van der Waals surface area contributed by atoms with Gasteiger partial charge in [-0.2, -0.15) is 0 Å². The lowest BCUT2D eigenvalue weighted by Crippen LogP contribution is -2.35. The number of ether oxygens (including phenoxy) is 1. The van der Waals surface area contributed by atoms with Crippen molar-refractivity contribution in [2.75, 3.05) is 6.61 Å². The Labute approximate surface area is 116 Å². The maximum Gasteiger partial charge on any atom is 0.125 e. The van der Waals surface area contributed by atoms with Gasteiger partial charge in [0.1, 0.15) is 5.75 Å². The molecule has 1 saturated carbocycles. The second kappa shape index (κ2) is 5.96. The molecule has 2 rings (SSSR count). The van der Waals surface area contributed by atoms with Gasteiger partial charge in [0, 0.05) is 5.56 Å². The van der Waals surface area contributed by atoms with Gasteiger partial charge in [-0.25, -0.2) is 0 Å². The van der Waals surface area contributed by atoms with Crippen LogP contribution in [0.25, 0.3) is 0 Å². The third-order valence-corrected chi connectivity index (χ3v) is 4.03.